The van der Waals surface area contributed by atoms with Crippen LogP contribution in [0.1, 0.15) is 5.01 Å². The predicted molar refractivity (Wildman–Crippen MR) is 73.8 cm³/mol. The Labute approximate surface area is 107 Å². The molecule has 3 aromatic heterocycles. The van der Waals surface area contributed by atoms with Gasteiger partial charge in [0.05, 0.1) is 22.4 Å². The summed E-state index contributed by atoms with van der Waals surface area (Å²) in [6.07, 6.45) is 3.71. The number of pyridine rings is 1. The Kier molecular flexibility index (Phi) is 2.78. The molecule has 5 heteroatoms. The van der Waals surface area contributed by atoms with Crippen molar-refractivity contribution in [3.63, 3.8) is 0 Å². The van der Waals surface area contributed by atoms with Crippen LogP contribution in [0.25, 0.3) is 10.2 Å². The summed E-state index contributed by atoms with van der Waals surface area (Å²) in [6.45, 7) is 0.842. The first-order chi connectivity index (χ1) is 8.34. The highest BCUT2D eigenvalue weighted by Crippen LogP contribution is 2.30. The van der Waals surface area contributed by atoms with Gasteiger partial charge in [-0.15, -0.1) is 22.7 Å². The summed E-state index contributed by atoms with van der Waals surface area (Å²) >= 11 is 3.42. The molecule has 0 radical (unpaired) electrons. The molecule has 3 nitrogen and oxygen atoms in total. The summed E-state index contributed by atoms with van der Waals surface area (Å²) in [5.74, 6) is 0. The standard InChI is InChI=1S/C12H11N3S2/c1-15(8-11-14-5-7-16-11)10-2-4-13-9-3-6-17-12(9)10/h2-7H,8H2,1H3. The number of anilines is 1. The SMILES string of the molecule is CN(Cc1nccs1)c1ccnc2ccsc12. The van der Waals surface area contributed by atoms with E-state index in [1.165, 1.54) is 10.4 Å². The zero-order chi connectivity index (χ0) is 11.7. The lowest BCUT2D eigenvalue weighted by molar-refractivity contribution is 0.915. The quantitative estimate of drug-likeness (QED) is 0.723. The number of fused-ring (bicyclic) bond motifs is 1. The van der Waals surface area contributed by atoms with Crippen LogP contribution in [0.5, 0.6) is 0 Å². The van der Waals surface area contributed by atoms with Crippen LogP contribution < -0.4 is 4.90 Å². The monoisotopic (exact) mass is 261 g/mol. The van der Waals surface area contributed by atoms with Crippen molar-refractivity contribution >= 4 is 38.6 Å². The molecule has 0 spiro atoms. The van der Waals surface area contributed by atoms with Gasteiger partial charge in [-0.1, -0.05) is 0 Å². The van der Waals surface area contributed by atoms with E-state index in [1.54, 1.807) is 22.7 Å². The fourth-order valence-electron chi connectivity index (χ4n) is 1.78. The number of hydrogen-bond acceptors (Lipinski definition) is 5. The Hall–Kier alpha value is -1.46. The average Bonchev–Trinajstić information content (AvgIpc) is 2.97. The minimum Gasteiger partial charge on any atom is -0.367 e. The highest BCUT2D eigenvalue weighted by Gasteiger charge is 2.09. The number of thiazole rings is 1. The molecule has 0 N–H and O–H groups in total. The topological polar surface area (TPSA) is 29.0 Å². The summed E-state index contributed by atoms with van der Waals surface area (Å²) in [4.78, 5) is 10.9. The predicted octanol–water partition coefficient (Wildman–Crippen LogP) is 3.39. The Balaban J connectivity index is 1.95. The van der Waals surface area contributed by atoms with Crippen LogP contribution in [-0.4, -0.2) is 17.0 Å². The molecule has 0 saturated carbocycles. The second kappa shape index (κ2) is 4.43. The van der Waals surface area contributed by atoms with Crippen molar-refractivity contribution in [3.8, 4) is 0 Å². The van der Waals surface area contributed by atoms with Crippen molar-refractivity contribution in [2.24, 2.45) is 0 Å². The van der Waals surface area contributed by atoms with Gasteiger partial charge in [-0.05, 0) is 17.5 Å². The molecular formula is C12H11N3S2. The Morgan fingerprint density at radius 3 is 2.88 bits per heavy atom. The van der Waals surface area contributed by atoms with Gasteiger partial charge < -0.3 is 4.90 Å². The lowest BCUT2D eigenvalue weighted by Crippen LogP contribution is -2.16. The third kappa shape index (κ3) is 2.03. The van der Waals surface area contributed by atoms with Gasteiger partial charge in [-0.25, -0.2) is 4.98 Å². The lowest BCUT2D eigenvalue weighted by Gasteiger charge is -2.18. The maximum atomic E-state index is 4.35. The number of hydrogen-bond donors (Lipinski definition) is 0. The Morgan fingerprint density at radius 1 is 1.12 bits per heavy atom. The van der Waals surface area contributed by atoms with Gasteiger partial charge in [0.15, 0.2) is 0 Å². The molecule has 0 aliphatic heterocycles. The molecule has 3 rings (SSSR count). The average molecular weight is 261 g/mol. The van der Waals surface area contributed by atoms with E-state index in [9.17, 15) is 0 Å². The van der Waals surface area contributed by atoms with E-state index in [2.05, 4.69) is 39.4 Å². The van der Waals surface area contributed by atoms with Crippen LogP contribution in [0.4, 0.5) is 5.69 Å². The third-order valence-corrected chi connectivity index (χ3v) is 4.28. The van der Waals surface area contributed by atoms with E-state index >= 15 is 0 Å². The van der Waals surface area contributed by atoms with Crippen molar-refractivity contribution in [2.75, 3.05) is 11.9 Å². The van der Waals surface area contributed by atoms with Crippen LogP contribution in [0, 0.1) is 0 Å². The summed E-state index contributed by atoms with van der Waals surface area (Å²) in [7, 11) is 2.09. The first-order valence-corrected chi connectivity index (χ1v) is 7.02. The van der Waals surface area contributed by atoms with Crippen molar-refractivity contribution in [2.45, 2.75) is 6.54 Å². The number of nitrogens with zero attached hydrogens (tertiary/aromatic N) is 3. The molecule has 0 aromatic carbocycles. The second-order valence-corrected chi connectivity index (χ2v) is 5.64. The zero-order valence-electron chi connectivity index (χ0n) is 9.33. The Morgan fingerprint density at radius 2 is 2.06 bits per heavy atom. The highest BCUT2D eigenvalue weighted by atomic mass is 32.1. The normalized spacial score (nSPS) is 10.9. The van der Waals surface area contributed by atoms with Crippen molar-refractivity contribution in [1.29, 1.82) is 0 Å². The van der Waals surface area contributed by atoms with E-state index < -0.39 is 0 Å². The number of aromatic nitrogens is 2. The molecule has 0 unspecified atom stereocenters. The number of thiophene rings is 1. The van der Waals surface area contributed by atoms with Gasteiger partial charge in [-0.3, -0.25) is 4.98 Å². The first-order valence-electron chi connectivity index (χ1n) is 5.26. The lowest BCUT2D eigenvalue weighted by atomic mass is 10.3. The molecule has 3 heterocycles. The maximum absolute atomic E-state index is 4.35. The maximum Gasteiger partial charge on any atom is 0.112 e. The van der Waals surface area contributed by atoms with Crippen LogP contribution in [-0.2, 0) is 6.54 Å². The van der Waals surface area contributed by atoms with Crippen molar-refractivity contribution in [3.05, 3.63) is 40.3 Å². The summed E-state index contributed by atoms with van der Waals surface area (Å²) in [5, 5.41) is 5.23. The van der Waals surface area contributed by atoms with Crippen molar-refractivity contribution in [1.82, 2.24) is 9.97 Å². The van der Waals surface area contributed by atoms with E-state index in [1.807, 2.05) is 17.8 Å². The van der Waals surface area contributed by atoms with Gasteiger partial charge in [-0.2, -0.15) is 0 Å². The largest absolute Gasteiger partial charge is 0.367 e. The van der Waals surface area contributed by atoms with E-state index in [0.717, 1.165) is 17.1 Å². The van der Waals surface area contributed by atoms with Gasteiger partial charge in [0.2, 0.25) is 0 Å². The first kappa shape index (κ1) is 10.7. The second-order valence-electron chi connectivity index (χ2n) is 3.75. The zero-order valence-corrected chi connectivity index (χ0v) is 11.0. The van der Waals surface area contributed by atoms with E-state index in [0.29, 0.717) is 0 Å². The minimum absolute atomic E-state index is 0.842. The summed E-state index contributed by atoms with van der Waals surface area (Å²) in [5.41, 5.74) is 2.29. The van der Waals surface area contributed by atoms with Crippen molar-refractivity contribution < 1.29 is 0 Å². The fraction of sp³-hybridized carbons (Fsp3) is 0.167. The molecule has 0 bridgehead atoms. The van der Waals surface area contributed by atoms with E-state index in [-0.39, 0.29) is 0 Å². The van der Waals surface area contributed by atoms with Gasteiger partial charge >= 0.3 is 0 Å². The van der Waals surface area contributed by atoms with Crippen LogP contribution in [0.3, 0.4) is 0 Å². The van der Waals surface area contributed by atoms with Gasteiger partial charge in [0, 0.05) is 24.8 Å². The highest BCUT2D eigenvalue weighted by molar-refractivity contribution is 7.17. The summed E-state index contributed by atoms with van der Waals surface area (Å²) in [6, 6.07) is 4.12. The molecular weight excluding hydrogens is 250 g/mol. The molecule has 17 heavy (non-hydrogen) atoms. The third-order valence-electron chi connectivity index (χ3n) is 2.59. The molecule has 0 amide bonds. The fourth-order valence-corrected chi connectivity index (χ4v) is 3.37. The molecule has 0 saturated heterocycles. The van der Waals surface area contributed by atoms with Crippen LogP contribution in [0.2, 0.25) is 0 Å². The van der Waals surface area contributed by atoms with Crippen LogP contribution in [0.15, 0.2) is 35.3 Å². The van der Waals surface area contributed by atoms with Gasteiger partial charge in [0.1, 0.15) is 5.01 Å². The van der Waals surface area contributed by atoms with E-state index in [4.69, 9.17) is 0 Å². The minimum atomic E-state index is 0.842. The molecule has 0 aliphatic carbocycles. The molecule has 0 atom stereocenters. The smallest absolute Gasteiger partial charge is 0.112 e. The molecule has 3 aromatic rings. The molecule has 86 valence electrons. The molecule has 0 aliphatic rings. The Bertz CT molecular complexity index is 616. The molecule has 0 fully saturated rings. The summed E-state index contributed by atoms with van der Waals surface area (Å²) < 4.78 is 1.24. The number of rotatable bonds is 3. The van der Waals surface area contributed by atoms with Crippen LogP contribution >= 0.6 is 22.7 Å². The van der Waals surface area contributed by atoms with Gasteiger partial charge in [0.25, 0.3) is 0 Å².